The first-order chi connectivity index (χ1) is 8.79. The summed E-state index contributed by atoms with van der Waals surface area (Å²) in [5.74, 6) is 0.849. The van der Waals surface area contributed by atoms with E-state index >= 15 is 0 Å². The molecule has 0 saturated carbocycles. The predicted octanol–water partition coefficient (Wildman–Crippen LogP) is 2.86. The number of halogens is 1. The highest BCUT2D eigenvalue weighted by Gasteiger charge is 2.31. The van der Waals surface area contributed by atoms with Crippen molar-refractivity contribution in [3.63, 3.8) is 0 Å². The molecule has 0 aliphatic carbocycles. The van der Waals surface area contributed by atoms with Crippen LogP contribution in [0, 0.1) is 6.92 Å². The molecule has 106 valence electrons. The minimum absolute atomic E-state index is 0.233. The van der Waals surface area contributed by atoms with Gasteiger partial charge in [-0.2, -0.15) is 0 Å². The summed E-state index contributed by atoms with van der Waals surface area (Å²) < 4.78 is 0.970. The maximum absolute atomic E-state index is 4.58. The number of anilines is 1. The summed E-state index contributed by atoms with van der Waals surface area (Å²) in [5, 5.41) is 0. The number of piperazine rings is 1. The lowest BCUT2D eigenvalue weighted by Gasteiger charge is -2.45. The van der Waals surface area contributed by atoms with E-state index in [9.17, 15) is 0 Å². The maximum atomic E-state index is 4.58. The van der Waals surface area contributed by atoms with Gasteiger partial charge in [0.25, 0.3) is 0 Å². The van der Waals surface area contributed by atoms with Crippen LogP contribution in [0.2, 0.25) is 0 Å². The average molecular weight is 327 g/mol. The Bertz CT molecular complexity index is 455. The smallest absolute Gasteiger partial charge is 0.225 e. The Balaban J connectivity index is 2.13. The predicted molar refractivity (Wildman–Crippen MR) is 82.6 cm³/mol. The first-order valence-corrected chi connectivity index (χ1v) is 7.59. The van der Waals surface area contributed by atoms with Crippen LogP contribution in [-0.2, 0) is 0 Å². The van der Waals surface area contributed by atoms with Crippen molar-refractivity contribution in [2.75, 3.05) is 24.5 Å². The van der Waals surface area contributed by atoms with Gasteiger partial charge in [-0.3, -0.25) is 4.90 Å². The summed E-state index contributed by atoms with van der Waals surface area (Å²) in [4.78, 5) is 13.9. The average Bonchev–Trinajstić information content (AvgIpc) is 2.31. The molecule has 1 saturated heterocycles. The summed E-state index contributed by atoms with van der Waals surface area (Å²) in [7, 11) is 0. The molecule has 1 aliphatic rings. The van der Waals surface area contributed by atoms with E-state index in [2.05, 4.69) is 63.4 Å². The van der Waals surface area contributed by atoms with Crippen LogP contribution in [0.5, 0.6) is 0 Å². The van der Waals surface area contributed by atoms with Crippen LogP contribution in [0.1, 0.15) is 33.4 Å². The summed E-state index contributed by atoms with van der Waals surface area (Å²) in [5.41, 5.74) is 1.23. The summed E-state index contributed by atoms with van der Waals surface area (Å²) in [6.07, 6.45) is 1.85. The first kappa shape index (κ1) is 14.7. The summed E-state index contributed by atoms with van der Waals surface area (Å²) in [6.45, 7) is 14.2. The lowest BCUT2D eigenvalue weighted by Crippen LogP contribution is -2.57. The molecule has 1 aliphatic heterocycles. The molecule has 1 fully saturated rings. The van der Waals surface area contributed by atoms with Gasteiger partial charge in [0, 0.05) is 37.4 Å². The van der Waals surface area contributed by atoms with Crippen molar-refractivity contribution < 1.29 is 0 Å². The number of nitrogens with zero attached hydrogens (tertiary/aromatic N) is 4. The number of hydrogen-bond donors (Lipinski definition) is 0. The van der Waals surface area contributed by atoms with Crippen molar-refractivity contribution in [2.24, 2.45) is 0 Å². The molecule has 0 bridgehead atoms. The largest absolute Gasteiger partial charge is 0.336 e. The third-order valence-corrected chi connectivity index (χ3v) is 4.52. The molecule has 0 N–H and O–H groups in total. The van der Waals surface area contributed by atoms with E-state index < -0.39 is 0 Å². The Morgan fingerprint density at radius 2 is 2.00 bits per heavy atom. The van der Waals surface area contributed by atoms with Gasteiger partial charge < -0.3 is 4.90 Å². The maximum Gasteiger partial charge on any atom is 0.225 e. The Hall–Kier alpha value is -0.680. The van der Waals surface area contributed by atoms with Crippen molar-refractivity contribution in [3.8, 4) is 0 Å². The fourth-order valence-electron chi connectivity index (χ4n) is 2.44. The molecule has 1 aromatic heterocycles. The molecule has 2 rings (SSSR count). The van der Waals surface area contributed by atoms with Crippen LogP contribution < -0.4 is 4.90 Å². The molecule has 1 unspecified atom stereocenters. The van der Waals surface area contributed by atoms with E-state index in [1.54, 1.807) is 0 Å². The molecule has 0 spiro atoms. The van der Waals surface area contributed by atoms with Crippen LogP contribution in [0.4, 0.5) is 5.95 Å². The normalized spacial score (nSPS) is 21.8. The molecule has 4 nitrogen and oxygen atoms in total. The van der Waals surface area contributed by atoms with Gasteiger partial charge in [-0.1, -0.05) is 0 Å². The zero-order valence-electron chi connectivity index (χ0n) is 12.4. The van der Waals surface area contributed by atoms with Gasteiger partial charge in [0.05, 0.1) is 10.2 Å². The van der Waals surface area contributed by atoms with E-state index in [1.807, 2.05) is 13.1 Å². The van der Waals surface area contributed by atoms with Crippen LogP contribution >= 0.6 is 15.9 Å². The Morgan fingerprint density at radius 1 is 1.32 bits per heavy atom. The summed E-state index contributed by atoms with van der Waals surface area (Å²) in [6, 6.07) is 0.438. The first-order valence-electron chi connectivity index (χ1n) is 6.80. The molecule has 0 radical (unpaired) electrons. The monoisotopic (exact) mass is 326 g/mol. The fraction of sp³-hybridized carbons (Fsp3) is 0.714. The Kier molecular flexibility index (Phi) is 4.16. The molecule has 5 heteroatoms. The standard InChI is InChI=1S/C14H23BrN4/c1-10-9-18(14(3,4)5)6-7-19(10)13-16-8-12(15)11(2)17-13/h8,10H,6-7,9H2,1-5H3. The highest BCUT2D eigenvalue weighted by Crippen LogP contribution is 2.23. The Morgan fingerprint density at radius 3 is 2.53 bits per heavy atom. The minimum Gasteiger partial charge on any atom is -0.336 e. The van der Waals surface area contributed by atoms with Gasteiger partial charge in [0.15, 0.2) is 0 Å². The lowest BCUT2D eigenvalue weighted by atomic mass is 10.0. The van der Waals surface area contributed by atoms with Crippen LogP contribution in [0.3, 0.4) is 0 Å². The van der Waals surface area contributed by atoms with Crippen LogP contribution in [0.15, 0.2) is 10.7 Å². The Labute approximate surface area is 124 Å². The van der Waals surface area contributed by atoms with Crippen molar-refractivity contribution in [1.82, 2.24) is 14.9 Å². The topological polar surface area (TPSA) is 32.3 Å². The summed E-state index contributed by atoms with van der Waals surface area (Å²) >= 11 is 3.45. The molecule has 19 heavy (non-hydrogen) atoms. The molecule has 1 atom stereocenters. The second-order valence-corrected chi connectivity index (χ2v) is 7.12. The van der Waals surface area contributed by atoms with E-state index in [1.165, 1.54) is 0 Å². The van der Waals surface area contributed by atoms with Crippen molar-refractivity contribution >= 4 is 21.9 Å². The van der Waals surface area contributed by atoms with Crippen molar-refractivity contribution in [3.05, 3.63) is 16.4 Å². The molecule has 2 heterocycles. The number of aromatic nitrogens is 2. The second-order valence-electron chi connectivity index (χ2n) is 6.26. The van der Waals surface area contributed by atoms with Gasteiger partial charge in [0.1, 0.15) is 0 Å². The van der Waals surface area contributed by atoms with E-state index in [0.717, 1.165) is 35.7 Å². The molecular formula is C14H23BrN4. The SMILES string of the molecule is Cc1nc(N2CCN(C(C)(C)C)CC2C)ncc1Br. The van der Waals surface area contributed by atoms with E-state index in [4.69, 9.17) is 0 Å². The van der Waals surface area contributed by atoms with Gasteiger partial charge in [0.2, 0.25) is 5.95 Å². The molecule has 0 amide bonds. The minimum atomic E-state index is 0.233. The number of aryl methyl sites for hydroxylation is 1. The van der Waals surface area contributed by atoms with Crippen molar-refractivity contribution in [1.29, 1.82) is 0 Å². The second kappa shape index (κ2) is 5.37. The van der Waals surface area contributed by atoms with Crippen LogP contribution in [-0.4, -0.2) is 46.1 Å². The molecule has 1 aromatic rings. The van der Waals surface area contributed by atoms with Crippen LogP contribution in [0.25, 0.3) is 0 Å². The van der Waals surface area contributed by atoms with Gasteiger partial charge in [-0.15, -0.1) is 0 Å². The number of rotatable bonds is 1. The zero-order chi connectivity index (χ0) is 14.2. The fourth-order valence-corrected chi connectivity index (χ4v) is 2.63. The van der Waals surface area contributed by atoms with Gasteiger partial charge in [-0.25, -0.2) is 9.97 Å². The third-order valence-electron chi connectivity index (χ3n) is 3.74. The third kappa shape index (κ3) is 3.26. The van der Waals surface area contributed by atoms with E-state index in [0.29, 0.717) is 6.04 Å². The highest BCUT2D eigenvalue weighted by molar-refractivity contribution is 9.10. The van der Waals surface area contributed by atoms with Crippen molar-refractivity contribution in [2.45, 2.75) is 46.2 Å². The highest BCUT2D eigenvalue weighted by atomic mass is 79.9. The van der Waals surface area contributed by atoms with Gasteiger partial charge >= 0.3 is 0 Å². The lowest BCUT2D eigenvalue weighted by molar-refractivity contribution is 0.111. The number of hydrogen-bond acceptors (Lipinski definition) is 4. The van der Waals surface area contributed by atoms with E-state index in [-0.39, 0.29) is 5.54 Å². The molecular weight excluding hydrogens is 304 g/mol. The van der Waals surface area contributed by atoms with Gasteiger partial charge in [-0.05, 0) is 50.5 Å². The zero-order valence-corrected chi connectivity index (χ0v) is 14.0. The molecule has 0 aromatic carbocycles. The quantitative estimate of drug-likeness (QED) is 0.794.